The molecule has 2 nitrogen and oxygen atoms in total. The highest BCUT2D eigenvalue weighted by Crippen LogP contribution is 2.60. The van der Waals surface area contributed by atoms with Crippen LogP contribution in [0, 0.1) is 29.1 Å². The van der Waals surface area contributed by atoms with E-state index in [9.17, 15) is 9.59 Å². The minimum absolute atomic E-state index is 0.0115. The van der Waals surface area contributed by atoms with E-state index >= 15 is 0 Å². The van der Waals surface area contributed by atoms with Crippen molar-refractivity contribution < 1.29 is 9.59 Å². The Morgan fingerprint density at radius 3 is 2.11 bits per heavy atom. The fourth-order valence-corrected chi connectivity index (χ4v) is 6.00. The van der Waals surface area contributed by atoms with Gasteiger partial charge in [-0.1, -0.05) is 0 Å². The zero-order valence-corrected chi connectivity index (χ0v) is 11.7. The summed E-state index contributed by atoms with van der Waals surface area (Å²) in [5.41, 5.74) is 0.0115. The third kappa shape index (κ3) is 1.90. The molecule has 5 aliphatic rings. The molecule has 0 radical (unpaired) electrons. The monoisotopic (exact) mass is 260 g/mol. The first-order valence-electron chi connectivity index (χ1n) is 8.21. The Morgan fingerprint density at radius 1 is 1.05 bits per heavy atom. The SMILES string of the molecule is O=C1CCCC1CC(=O)C12CC3CC(CC(C3)C1)C2. The van der Waals surface area contributed by atoms with Gasteiger partial charge in [-0.25, -0.2) is 0 Å². The van der Waals surface area contributed by atoms with Crippen molar-refractivity contribution in [2.24, 2.45) is 29.1 Å². The summed E-state index contributed by atoms with van der Waals surface area (Å²) in [6.45, 7) is 0. The van der Waals surface area contributed by atoms with Crippen molar-refractivity contribution in [2.75, 3.05) is 0 Å². The van der Waals surface area contributed by atoms with Crippen molar-refractivity contribution in [1.82, 2.24) is 0 Å². The van der Waals surface area contributed by atoms with E-state index in [1.54, 1.807) is 0 Å². The molecule has 0 N–H and O–H groups in total. The average Bonchev–Trinajstić information content (AvgIpc) is 2.73. The van der Waals surface area contributed by atoms with Crippen LogP contribution in [0.4, 0.5) is 0 Å². The van der Waals surface area contributed by atoms with E-state index in [1.807, 2.05) is 0 Å². The van der Waals surface area contributed by atoms with E-state index in [4.69, 9.17) is 0 Å². The number of carbonyl (C=O) groups excluding carboxylic acids is 2. The molecule has 19 heavy (non-hydrogen) atoms. The lowest BCUT2D eigenvalue weighted by molar-refractivity contribution is -0.146. The molecule has 5 rings (SSSR count). The fraction of sp³-hybridized carbons (Fsp3) is 0.882. The van der Waals surface area contributed by atoms with Gasteiger partial charge in [0, 0.05) is 24.2 Å². The standard InChI is InChI=1S/C17H24O2/c18-15-3-1-2-14(15)7-16(19)17-8-11-4-12(9-17)6-13(5-11)10-17/h11-14H,1-10H2. The van der Waals surface area contributed by atoms with Crippen LogP contribution >= 0.6 is 0 Å². The molecule has 0 amide bonds. The zero-order valence-electron chi connectivity index (χ0n) is 11.7. The molecule has 0 saturated heterocycles. The predicted molar refractivity (Wildman–Crippen MR) is 72.6 cm³/mol. The first-order chi connectivity index (χ1) is 9.14. The number of rotatable bonds is 3. The summed E-state index contributed by atoms with van der Waals surface area (Å²) in [5.74, 6) is 3.39. The normalized spacial score (nSPS) is 47.9. The first-order valence-corrected chi connectivity index (χ1v) is 8.21. The van der Waals surface area contributed by atoms with Crippen LogP contribution in [0.5, 0.6) is 0 Å². The molecular weight excluding hydrogens is 236 g/mol. The van der Waals surface area contributed by atoms with Crippen molar-refractivity contribution >= 4 is 11.6 Å². The highest BCUT2D eigenvalue weighted by atomic mass is 16.1. The van der Waals surface area contributed by atoms with Gasteiger partial charge in [0.25, 0.3) is 0 Å². The molecule has 1 atom stereocenters. The highest BCUT2D eigenvalue weighted by Gasteiger charge is 2.54. The van der Waals surface area contributed by atoms with Crippen molar-refractivity contribution in [3.8, 4) is 0 Å². The smallest absolute Gasteiger partial charge is 0.139 e. The molecule has 0 heterocycles. The number of hydrogen-bond acceptors (Lipinski definition) is 2. The van der Waals surface area contributed by atoms with Gasteiger partial charge in [-0.3, -0.25) is 9.59 Å². The predicted octanol–water partition coefficient (Wildman–Crippen LogP) is 3.53. The summed E-state index contributed by atoms with van der Waals surface area (Å²) in [6.07, 6.45) is 10.9. The van der Waals surface area contributed by atoms with Gasteiger partial charge < -0.3 is 0 Å². The molecule has 4 bridgehead atoms. The molecule has 0 aliphatic heterocycles. The van der Waals surface area contributed by atoms with Crippen molar-refractivity contribution in [1.29, 1.82) is 0 Å². The maximum atomic E-state index is 12.8. The van der Waals surface area contributed by atoms with Crippen LogP contribution in [0.15, 0.2) is 0 Å². The quantitative estimate of drug-likeness (QED) is 0.778. The number of carbonyl (C=O) groups is 2. The highest BCUT2D eigenvalue weighted by molar-refractivity contribution is 5.92. The second-order valence-electron chi connectivity index (χ2n) is 7.88. The van der Waals surface area contributed by atoms with Crippen LogP contribution in [-0.2, 0) is 9.59 Å². The Hall–Kier alpha value is -0.660. The van der Waals surface area contributed by atoms with Gasteiger partial charge in [-0.2, -0.15) is 0 Å². The van der Waals surface area contributed by atoms with Crippen molar-refractivity contribution in [3.05, 3.63) is 0 Å². The Labute approximate surface area is 115 Å². The summed E-state index contributed by atoms with van der Waals surface area (Å²) >= 11 is 0. The lowest BCUT2D eigenvalue weighted by Crippen LogP contribution is -2.50. The molecule has 0 spiro atoms. The Kier molecular flexibility index (Phi) is 2.65. The number of Topliss-reactive ketones (excluding diaryl/α,β-unsaturated/α-hetero) is 2. The van der Waals surface area contributed by atoms with Crippen LogP contribution in [0.25, 0.3) is 0 Å². The molecular formula is C17H24O2. The van der Waals surface area contributed by atoms with Crippen LogP contribution < -0.4 is 0 Å². The van der Waals surface area contributed by atoms with E-state index in [0.29, 0.717) is 18.0 Å². The second-order valence-corrected chi connectivity index (χ2v) is 7.88. The summed E-state index contributed by atoms with van der Waals surface area (Å²) < 4.78 is 0. The maximum absolute atomic E-state index is 12.8. The van der Waals surface area contributed by atoms with E-state index in [1.165, 1.54) is 19.3 Å². The molecule has 1 unspecified atom stereocenters. The lowest BCUT2D eigenvalue weighted by Gasteiger charge is -2.56. The maximum Gasteiger partial charge on any atom is 0.139 e. The molecule has 104 valence electrons. The van der Waals surface area contributed by atoms with Crippen molar-refractivity contribution in [3.63, 3.8) is 0 Å². The van der Waals surface area contributed by atoms with E-state index < -0.39 is 0 Å². The Balaban J connectivity index is 1.51. The van der Waals surface area contributed by atoms with Gasteiger partial charge in [0.1, 0.15) is 11.6 Å². The first kappa shape index (κ1) is 12.1. The number of hydrogen-bond donors (Lipinski definition) is 0. The Bertz CT molecular complexity index is 388. The molecule has 0 aromatic rings. The number of ketones is 2. The van der Waals surface area contributed by atoms with Crippen LogP contribution in [-0.4, -0.2) is 11.6 Å². The van der Waals surface area contributed by atoms with Crippen LogP contribution in [0.2, 0.25) is 0 Å². The van der Waals surface area contributed by atoms with Crippen LogP contribution in [0.1, 0.15) is 64.2 Å². The van der Waals surface area contributed by atoms with Gasteiger partial charge in [-0.05, 0) is 69.1 Å². The third-order valence-electron chi connectivity index (χ3n) is 6.49. The third-order valence-corrected chi connectivity index (χ3v) is 6.49. The zero-order chi connectivity index (χ0) is 13.0. The van der Waals surface area contributed by atoms with E-state index in [2.05, 4.69) is 0 Å². The van der Waals surface area contributed by atoms with Gasteiger partial charge in [0.15, 0.2) is 0 Å². The summed E-state index contributed by atoms with van der Waals surface area (Å²) in [6, 6.07) is 0. The summed E-state index contributed by atoms with van der Waals surface area (Å²) in [4.78, 5) is 24.6. The molecule has 5 fully saturated rings. The summed E-state index contributed by atoms with van der Waals surface area (Å²) in [7, 11) is 0. The van der Waals surface area contributed by atoms with Gasteiger partial charge in [0.2, 0.25) is 0 Å². The lowest BCUT2D eigenvalue weighted by atomic mass is 9.48. The van der Waals surface area contributed by atoms with Gasteiger partial charge in [0.05, 0.1) is 0 Å². The molecule has 0 aromatic heterocycles. The van der Waals surface area contributed by atoms with E-state index in [0.717, 1.165) is 56.3 Å². The van der Waals surface area contributed by atoms with Gasteiger partial charge >= 0.3 is 0 Å². The fourth-order valence-electron chi connectivity index (χ4n) is 6.00. The molecule has 5 aliphatic carbocycles. The van der Waals surface area contributed by atoms with Crippen molar-refractivity contribution in [2.45, 2.75) is 64.2 Å². The minimum atomic E-state index is 0.0115. The second kappa shape index (κ2) is 4.17. The van der Waals surface area contributed by atoms with Crippen LogP contribution in [0.3, 0.4) is 0 Å². The minimum Gasteiger partial charge on any atom is -0.299 e. The molecule has 5 saturated carbocycles. The van der Waals surface area contributed by atoms with E-state index in [-0.39, 0.29) is 11.3 Å². The molecule has 2 heteroatoms. The molecule has 0 aromatic carbocycles. The Morgan fingerprint density at radius 2 is 1.63 bits per heavy atom. The largest absolute Gasteiger partial charge is 0.299 e. The van der Waals surface area contributed by atoms with Gasteiger partial charge in [-0.15, -0.1) is 0 Å². The summed E-state index contributed by atoms with van der Waals surface area (Å²) in [5, 5.41) is 0. The topological polar surface area (TPSA) is 34.1 Å². The average molecular weight is 260 g/mol.